The molecule has 0 aromatic heterocycles. The summed E-state index contributed by atoms with van der Waals surface area (Å²) in [5.41, 5.74) is 6.46. The van der Waals surface area contributed by atoms with Crippen molar-refractivity contribution in [3.63, 3.8) is 0 Å². The molecule has 4 rings (SSSR count). The summed E-state index contributed by atoms with van der Waals surface area (Å²) in [7, 11) is 1.38. The summed E-state index contributed by atoms with van der Waals surface area (Å²) in [4.78, 5) is 23.5. The Morgan fingerprint density at radius 1 is 0.825 bits per heavy atom. The molecule has 0 spiro atoms. The number of carbonyl (C=O) groups is 2. The van der Waals surface area contributed by atoms with Crippen LogP contribution < -0.4 is 14.8 Å². The predicted molar refractivity (Wildman–Crippen MR) is 159 cm³/mol. The van der Waals surface area contributed by atoms with Gasteiger partial charge in [0.25, 0.3) is 0 Å². The number of hydrogen-bond donors (Lipinski definition) is 1. The largest absolute Gasteiger partial charge is 0.494 e. The van der Waals surface area contributed by atoms with Gasteiger partial charge in [-0.05, 0) is 96.3 Å². The number of esters is 1. The van der Waals surface area contributed by atoms with E-state index in [1.807, 2.05) is 42.5 Å². The van der Waals surface area contributed by atoms with Crippen molar-refractivity contribution in [3.05, 3.63) is 89.5 Å². The zero-order valence-corrected chi connectivity index (χ0v) is 23.5. The number of unbranched alkanes of at least 4 members (excludes halogenated alkanes) is 2. The summed E-state index contributed by atoms with van der Waals surface area (Å²) in [5.74, 6) is 1.52. The number of methoxy groups -OCH3 is 1. The fourth-order valence-corrected chi connectivity index (χ4v) is 4.71. The number of amides is 1. The second kappa shape index (κ2) is 14.9. The third-order valence-corrected chi connectivity index (χ3v) is 7.04. The number of ether oxygens (including phenoxy) is 3. The van der Waals surface area contributed by atoms with Gasteiger partial charge in [-0.2, -0.15) is 0 Å². The standard InChI is InChI=1S/C34H39NO5/c1-3-4-7-33(36)35-21-20-28-11-10-27-16-19-31(24-32(27)28)40-23-6-5-22-39-30-17-14-26(15-18-30)25-8-12-29(13-9-25)34(37)38-2/h8-9,11-19,24H,3-7,10,20-23H2,1-2H3,(H,35,36). The highest BCUT2D eigenvalue weighted by Crippen LogP contribution is 2.32. The fourth-order valence-electron chi connectivity index (χ4n) is 4.71. The monoisotopic (exact) mass is 541 g/mol. The molecule has 1 aliphatic rings. The lowest BCUT2D eigenvalue weighted by atomic mass is 10.0. The summed E-state index contributed by atoms with van der Waals surface area (Å²) in [6, 6.07) is 21.6. The molecule has 0 saturated heterocycles. The van der Waals surface area contributed by atoms with Crippen LogP contribution in [0.5, 0.6) is 11.5 Å². The van der Waals surface area contributed by atoms with Crippen molar-refractivity contribution in [1.29, 1.82) is 0 Å². The van der Waals surface area contributed by atoms with Crippen LogP contribution in [-0.4, -0.2) is 38.7 Å². The lowest BCUT2D eigenvalue weighted by molar-refractivity contribution is -0.121. The fraction of sp³-hybridized carbons (Fsp3) is 0.353. The van der Waals surface area contributed by atoms with Crippen molar-refractivity contribution in [3.8, 4) is 22.6 Å². The average Bonchev–Trinajstić information content (AvgIpc) is 3.40. The van der Waals surface area contributed by atoms with E-state index in [-0.39, 0.29) is 11.9 Å². The first-order chi connectivity index (χ1) is 19.6. The zero-order chi connectivity index (χ0) is 28.2. The Balaban J connectivity index is 1.15. The van der Waals surface area contributed by atoms with E-state index in [1.54, 1.807) is 12.1 Å². The van der Waals surface area contributed by atoms with Crippen molar-refractivity contribution in [2.75, 3.05) is 26.9 Å². The van der Waals surface area contributed by atoms with Crippen LogP contribution in [0.1, 0.15) is 66.9 Å². The van der Waals surface area contributed by atoms with Gasteiger partial charge in [0.2, 0.25) is 5.91 Å². The van der Waals surface area contributed by atoms with Gasteiger partial charge in [-0.3, -0.25) is 4.79 Å². The number of carbonyl (C=O) groups excluding carboxylic acids is 2. The minimum atomic E-state index is -0.338. The minimum absolute atomic E-state index is 0.141. The van der Waals surface area contributed by atoms with Crippen LogP contribution in [0.2, 0.25) is 0 Å². The van der Waals surface area contributed by atoms with Gasteiger partial charge in [0.15, 0.2) is 0 Å². The molecule has 0 fully saturated rings. The number of fused-ring (bicyclic) bond motifs is 1. The van der Waals surface area contributed by atoms with Crippen LogP contribution in [0.4, 0.5) is 0 Å². The predicted octanol–water partition coefficient (Wildman–Crippen LogP) is 7.01. The second-order valence-corrected chi connectivity index (χ2v) is 9.95. The molecule has 3 aromatic rings. The van der Waals surface area contributed by atoms with Gasteiger partial charge in [0.05, 0.1) is 25.9 Å². The third-order valence-electron chi connectivity index (χ3n) is 7.04. The second-order valence-electron chi connectivity index (χ2n) is 9.95. The van der Waals surface area contributed by atoms with E-state index in [2.05, 4.69) is 30.4 Å². The van der Waals surface area contributed by atoms with Crippen LogP contribution in [0.25, 0.3) is 16.7 Å². The highest BCUT2D eigenvalue weighted by molar-refractivity contribution is 5.90. The maximum Gasteiger partial charge on any atom is 0.337 e. The van der Waals surface area contributed by atoms with Crippen LogP contribution in [0.3, 0.4) is 0 Å². The summed E-state index contributed by atoms with van der Waals surface area (Å²) in [6.45, 7) is 4.03. The van der Waals surface area contributed by atoms with E-state index in [0.29, 0.717) is 31.7 Å². The van der Waals surface area contributed by atoms with Crippen LogP contribution in [0.15, 0.2) is 72.8 Å². The van der Waals surface area contributed by atoms with Gasteiger partial charge in [-0.25, -0.2) is 4.79 Å². The van der Waals surface area contributed by atoms with Crippen molar-refractivity contribution < 1.29 is 23.8 Å². The van der Waals surface area contributed by atoms with Crippen molar-refractivity contribution in [1.82, 2.24) is 5.32 Å². The van der Waals surface area contributed by atoms with Gasteiger partial charge < -0.3 is 19.5 Å². The molecular weight excluding hydrogens is 502 g/mol. The van der Waals surface area contributed by atoms with Crippen molar-refractivity contribution >= 4 is 17.4 Å². The van der Waals surface area contributed by atoms with E-state index in [4.69, 9.17) is 14.2 Å². The normalized spacial score (nSPS) is 11.9. The van der Waals surface area contributed by atoms with E-state index in [1.165, 1.54) is 23.8 Å². The van der Waals surface area contributed by atoms with Gasteiger partial charge in [0, 0.05) is 13.0 Å². The number of rotatable bonds is 15. The molecule has 0 heterocycles. The molecule has 0 unspecified atom stereocenters. The van der Waals surface area contributed by atoms with Gasteiger partial charge in [-0.15, -0.1) is 0 Å². The van der Waals surface area contributed by atoms with Gasteiger partial charge in [-0.1, -0.05) is 49.8 Å². The molecular formula is C34H39NO5. The van der Waals surface area contributed by atoms with Crippen LogP contribution >= 0.6 is 0 Å². The lowest BCUT2D eigenvalue weighted by Gasteiger charge is -2.11. The van der Waals surface area contributed by atoms with Gasteiger partial charge >= 0.3 is 5.97 Å². The Morgan fingerprint density at radius 3 is 2.15 bits per heavy atom. The Bertz CT molecular complexity index is 1290. The molecule has 6 nitrogen and oxygen atoms in total. The molecule has 0 bridgehead atoms. The zero-order valence-electron chi connectivity index (χ0n) is 23.5. The van der Waals surface area contributed by atoms with Crippen LogP contribution in [0, 0.1) is 0 Å². The van der Waals surface area contributed by atoms with Crippen molar-refractivity contribution in [2.24, 2.45) is 0 Å². The average molecular weight is 542 g/mol. The highest BCUT2D eigenvalue weighted by atomic mass is 16.5. The summed E-state index contributed by atoms with van der Waals surface area (Å²) >= 11 is 0. The van der Waals surface area contributed by atoms with E-state index in [9.17, 15) is 9.59 Å². The van der Waals surface area contributed by atoms with Crippen LogP contribution in [-0.2, 0) is 16.0 Å². The summed E-state index contributed by atoms with van der Waals surface area (Å²) in [6.07, 6.45) is 8.42. The molecule has 1 amide bonds. The van der Waals surface area contributed by atoms with E-state index in [0.717, 1.165) is 61.2 Å². The Hall–Kier alpha value is -4.06. The third kappa shape index (κ3) is 8.22. The number of allylic oxidation sites excluding steroid dienone is 1. The maximum absolute atomic E-state index is 11.9. The smallest absolute Gasteiger partial charge is 0.337 e. The number of benzene rings is 3. The van der Waals surface area contributed by atoms with E-state index < -0.39 is 0 Å². The van der Waals surface area contributed by atoms with Crippen molar-refractivity contribution in [2.45, 2.75) is 51.9 Å². The Morgan fingerprint density at radius 2 is 1.48 bits per heavy atom. The first-order valence-electron chi connectivity index (χ1n) is 14.2. The Kier molecular flexibility index (Phi) is 10.8. The SMILES string of the molecule is CCCCC(=O)NCCC1=CCc2ccc(OCCCCOc3ccc(-c4ccc(C(=O)OC)cc4)cc3)cc21. The molecule has 0 aliphatic heterocycles. The molecule has 210 valence electrons. The summed E-state index contributed by atoms with van der Waals surface area (Å²) < 4.78 is 16.7. The number of hydrogen-bond acceptors (Lipinski definition) is 5. The molecule has 3 aromatic carbocycles. The highest BCUT2D eigenvalue weighted by Gasteiger charge is 2.15. The number of nitrogens with one attached hydrogen (secondary N) is 1. The lowest BCUT2D eigenvalue weighted by Crippen LogP contribution is -2.24. The first kappa shape index (κ1) is 28.9. The molecule has 6 heteroatoms. The quantitative estimate of drug-likeness (QED) is 0.165. The first-order valence-corrected chi connectivity index (χ1v) is 14.2. The molecule has 0 radical (unpaired) electrons. The maximum atomic E-state index is 11.9. The topological polar surface area (TPSA) is 73.9 Å². The van der Waals surface area contributed by atoms with E-state index >= 15 is 0 Å². The minimum Gasteiger partial charge on any atom is -0.494 e. The summed E-state index contributed by atoms with van der Waals surface area (Å²) in [5, 5.41) is 3.04. The Labute approximate surface area is 237 Å². The molecule has 1 N–H and O–H groups in total. The molecule has 40 heavy (non-hydrogen) atoms. The molecule has 0 atom stereocenters. The van der Waals surface area contributed by atoms with Gasteiger partial charge in [0.1, 0.15) is 11.5 Å². The molecule has 0 saturated carbocycles. The molecule has 1 aliphatic carbocycles.